The minimum atomic E-state index is -3.28. The van der Waals surface area contributed by atoms with E-state index in [0.717, 1.165) is 51.4 Å². The highest BCUT2D eigenvalue weighted by Gasteiger charge is 2.23. The summed E-state index contributed by atoms with van der Waals surface area (Å²) in [7, 11) is -3.28. The quantitative estimate of drug-likeness (QED) is 0.685. The molecule has 3 N–H and O–H groups in total. The van der Waals surface area contributed by atoms with Crippen LogP contribution in [-0.2, 0) is 14.9 Å². The summed E-state index contributed by atoms with van der Waals surface area (Å²) in [6.45, 7) is 2.36. The van der Waals surface area contributed by atoms with Gasteiger partial charge in [-0.25, -0.2) is 4.72 Å². The second-order valence-corrected chi connectivity index (χ2v) is 7.88. The lowest BCUT2D eigenvalue weighted by Gasteiger charge is -2.27. The molecule has 0 unspecified atom stereocenters. The highest BCUT2D eigenvalue weighted by Crippen LogP contribution is 2.19. The number of piperidine rings is 1. The summed E-state index contributed by atoms with van der Waals surface area (Å²) in [5, 5.41) is 0. The Morgan fingerprint density at radius 1 is 1.10 bits per heavy atom. The van der Waals surface area contributed by atoms with Crippen LogP contribution in [-0.4, -0.2) is 51.1 Å². The summed E-state index contributed by atoms with van der Waals surface area (Å²) >= 11 is 0. The molecular weight excluding hydrogens is 290 g/mol. The zero-order valence-electron chi connectivity index (χ0n) is 12.8. The van der Waals surface area contributed by atoms with Crippen molar-refractivity contribution in [2.24, 2.45) is 5.73 Å². The predicted molar refractivity (Wildman–Crippen MR) is 83.1 cm³/mol. The van der Waals surface area contributed by atoms with Gasteiger partial charge in [-0.05, 0) is 44.9 Å². The third-order valence-electron chi connectivity index (χ3n) is 4.33. The van der Waals surface area contributed by atoms with E-state index in [0.29, 0.717) is 38.4 Å². The van der Waals surface area contributed by atoms with Crippen LogP contribution in [0.25, 0.3) is 0 Å². The van der Waals surface area contributed by atoms with Crippen LogP contribution in [0.4, 0.5) is 0 Å². The lowest BCUT2D eigenvalue weighted by atomic mass is 9.94. The van der Waals surface area contributed by atoms with Crippen molar-refractivity contribution in [2.45, 2.75) is 63.5 Å². The third kappa shape index (κ3) is 5.83. The molecule has 21 heavy (non-hydrogen) atoms. The molecule has 124 valence electrons. The first-order valence-corrected chi connectivity index (χ1v) is 9.64. The average molecular weight is 319 g/mol. The van der Waals surface area contributed by atoms with Crippen molar-refractivity contribution in [2.75, 3.05) is 26.2 Å². The number of nitrogens with two attached hydrogens (primary N) is 1. The maximum Gasteiger partial charge on any atom is 0.279 e. The Hall–Kier alpha value is -0.210. The lowest BCUT2D eigenvalue weighted by molar-refractivity contribution is 0.0245. The van der Waals surface area contributed by atoms with Crippen molar-refractivity contribution in [1.29, 1.82) is 0 Å². The zero-order chi connectivity index (χ0) is 15.1. The molecule has 2 fully saturated rings. The summed E-state index contributed by atoms with van der Waals surface area (Å²) < 4.78 is 34.1. The van der Waals surface area contributed by atoms with E-state index in [-0.39, 0.29) is 0 Å². The van der Waals surface area contributed by atoms with E-state index in [1.54, 1.807) is 4.31 Å². The Bertz CT molecular complexity index is 388. The molecule has 0 aromatic rings. The number of nitrogens with one attached hydrogen (secondary N) is 1. The van der Waals surface area contributed by atoms with E-state index in [1.165, 1.54) is 0 Å². The summed E-state index contributed by atoms with van der Waals surface area (Å²) in [5.74, 6) is 0. The Labute approximate surface area is 128 Å². The van der Waals surface area contributed by atoms with Gasteiger partial charge in [-0.3, -0.25) is 0 Å². The molecule has 0 atom stereocenters. The fraction of sp³-hybridized carbons (Fsp3) is 1.00. The van der Waals surface area contributed by atoms with Crippen LogP contribution < -0.4 is 10.5 Å². The Morgan fingerprint density at radius 2 is 1.76 bits per heavy atom. The maximum atomic E-state index is 12.0. The Kier molecular flexibility index (Phi) is 6.88. The molecule has 0 radical (unpaired) electrons. The smallest absolute Gasteiger partial charge is 0.279 e. The molecule has 1 aliphatic carbocycles. The van der Waals surface area contributed by atoms with E-state index >= 15 is 0 Å². The summed E-state index contributed by atoms with van der Waals surface area (Å²) in [5.41, 5.74) is 5.86. The van der Waals surface area contributed by atoms with Crippen molar-refractivity contribution in [3.63, 3.8) is 0 Å². The van der Waals surface area contributed by atoms with E-state index in [9.17, 15) is 8.42 Å². The Morgan fingerprint density at radius 3 is 2.43 bits per heavy atom. The standard InChI is InChI=1S/C14H29N3O3S/c15-13-5-7-14(8-6-13)20-12-4-9-16-21(18,19)17-10-2-1-3-11-17/h13-14,16H,1-12,15H2. The first kappa shape index (κ1) is 17.1. The number of ether oxygens (including phenoxy) is 1. The maximum absolute atomic E-state index is 12.0. The zero-order valence-corrected chi connectivity index (χ0v) is 13.6. The van der Waals surface area contributed by atoms with Gasteiger partial charge in [0.05, 0.1) is 6.10 Å². The van der Waals surface area contributed by atoms with Gasteiger partial charge in [-0.1, -0.05) is 6.42 Å². The van der Waals surface area contributed by atoms with Gasteiger partial charge in [-0.15, -0.1) is 0 Å². The fourth-order valence-electron chi connectivity index (χ4n) is 2.98. The SMILES string of the molecule is NC1CCC(OCCCNS(=O)(=O)N2CCCCC2)CC1. The van der Waals surface area contributed by atoms with Crippen molar-refractivity contribution < 1.29 is 13.2 Å². The molecule has 0 aromatic heterocycles. The van der Waals surface area contributed by atoms with Gasteiger partial charge in [0.15, 0.2) is 0 Å². The topological polar surface area (TPSA) is 84.7 Å². The van der Waals surface area contributed by atoms with Crippen molar-refractivity contribution >= 4 is 10.2 Å². The molecule has 1 saturated heterocycles. The molecule has 7 heteroatoms. The Balaban J connectivity index is 1.56. The predicted octanol–water partition coefficient (Wildman–Crippen LogP) is 0.983. The van der Waals surface area contributed by atoms with Crippen LogP contribution in [0.1, 0.15) is 51.4 Å². The lowest BCUT2D eigenvalue weighted by Crippen LogP contribution is -2.43. The van der Waals surface area contributed by atoms with Crippen LogP contribution in [0.15, 0.2) is 0 Å². The van der Waals surface area contributed by atoms with Gasteiger partial charge >= 0.3 is 0 Å². The van der Waals surface area contributed by atoms with E-state index < -0.39 is 10.2 Å². The molecule has 0 bridgehead atoms. The highest BCUT2D eigenvalue weighted by atomic mass is 32.2. The molecule has 2 rings (SSSR count). The number of hydrogen-bond acceptors (Lipinski definition) is 4. The normalized spacial score (nSPS) is 28.6. The summed E-state index contributed by atoms with van der Waals surface area (Å²) in [6.07, 6.45) is 8.21. The van der Waals surface area contributed by atoms with Crippen LogP contribution in [0, 0.1) is 0 Å². The monoisotopic (exact) mass is 319 g/mol. The molecule has 6 nitrogen and oxygen atoms in total. The van der Waals surface area contributed by atoms with Crippen molar-refractivity contribution in [3.05, 3.63) is 0 Å². The average Bonchev–Trinajstić information content (AvgIpc) is 2.50. The molecule has 0 aromatic carbocycles. The largest absolute Gasteiger partial charge is 0.378 e. The van der Waals surface area contributed by atoms with E-state index in [1.807, 2.05) is 0 Å². The van der Waals surface area contributed by atoms with Crippen molar-refractivity contribution in [1.82, 2.24) is 9.03 Å². The van der Waals surface area contributed by atoms with Gasteiger partial charge in [0, 0.05) is 32.3 Å². The molecule has 1 saturated carbocycles. The van der Waals surface area contributed by atoms with E-state index in [4.69, 9.17) is 10.5 Å². The molecule has 2 aliphatic rings. The molecular formula is C14H29N3O3S. The van der Waals surface area contributed by atoms with E-state index in [2.05, 4.69) is 4.72 Å². The van der Waals surface area contributed by atoms with Gasteiger partial charge in [0.25, 0.3) is 10.2 Å². The summed E-state index contributed by atoms with van der Waals surface area (Å²) in [4.78, 5) is 0. The minimum absolute atomic E-state index is 0.309. The molecule has 1 heterocycles. The molecule has 1 aliphatic heterocycles. The molecule has 0 amide bonds. The highest BCUT2D eigenvalue weighted by molar-refractivity contribution is 7.87. The number of rotatable bonds is 7. The third-order valence-corrected chi connectivity index (χ3v) is 5.95. The van der Waals surface area contributed by atoms with Crippen molar-refractivity contribution in [3.8, 4) is 0 Å². The second-order valence-electron chi connectivity index (χ2n) is 6.12. The van der Waals surface area contributed by atoms with Crippen LogP contribution in [0.2, 0.25) is 0 Å². The molecule has 0 spiro atoms. The van der Waals surface area contributed by atoms with Gasteiger partial charge < -0.3 is 10.5 Å². The first-order chi connectivity index (χ1) is 10.1. The second kappa shape index (κ2) is 8.43. The summed E-state index contributed by atoms with van der Waals surface area (Å²) in [6, 6.07) is 0.334. The minimum Gasteiger partial charge on any atom is -0.378 e. The number of hydrogen-bond donors (Lipinski definition) is 2. The van der Waals surface area contributed by atoms with Crippen LogP contribution in [0.5, 0.6) is 0 Å². The van der Waals surface area contributed by atoms with Gasteiger partial charge in [-0.2, -0.15) is 12.7 Å². The van der Waals surface area contributed by atoms with Crippen LogP contribution >= 0.6 is 0 Å². The van der Waals surface area contributed by atoms with Crippen LogP contribution in [0.3, 0.4) is 0 Å². The fourth-order valence-corrected chi connectivity index (χ4v) is 4.30. The van der Waals surface area contributed by atoms with Gasteiger partial charge in [0.2, 0.25) is 0 Å². The first-order valence-electron chi connectivity index (χ1n) is 8.20. The number of nitrogens with zero attached hydrogens (tertiary/aromatic N) is 1. The van der Waals surface area contributed by atoms with Gasteiger partial charge in [0.1, 0.15) is 0 Å².